The van der Waals surface area contributed by atoms with Crippen LogP contribution in [-0.4, -0.2) is 19.2 Å². The van der Waals surface area contributed by atoms with Crippen molar-refractivity contribution in [2.75, 3.05) is 13.2 Å². The Labute approximate surface area is 242 Å². The zero-order valence-electron chi connectivity index (χ0n) is 23.9. The molecular formula is C34H38N2O5. The summed E-state index contributed by atoms with van der Waals surface area (Å²) in [5, 5.41) is 9.90. The molecule has 7 nitrogen and oxygen atoms in total. The number of carbonyl (C=O) groups is 1. The molecule has 0 fully saturated rings. The number of rotatable bonds is 14. The van der Waals surface area contributed by atoms with Gasteiger partial charge in [0.1, 0.15) is 34.6 Å². The summed E-state index contributed by atoms with van der Waals surface area (Å²) in [4.78, 5) is 12.9. The minimum absolute atomic E-state index is 0.0258. The number of carbonyl (C=O) groups excluding carboxylic acids is 1. The van der Waals surface area contributed by atoms with Crippen molar-refractivity contribution < 1.29 is 23.7 Å². The number of hydrogen-bond acceptors (Lipinski definition) is 7. The van der Waals surface area contributed by atoms with Crippen LogP contribution in [0, 0.1) is 11.3 Å². The molecule has 1 aliphatic heterocycles. The first-order chi connectivity index (χ1) is 20.0. The van der Waals surface area contributed by atoms with Crippen molar-refractivity contribution in [3.63, 3.8) is 0 Å². The molecule has 2 N–H and O–H groups in total. The summed E-state index contributed by atoms with van der Waals surface area (Å²) in [6, 6.07) is 22.0. The second-order valence-corrected chi connectivity index (χ2v) is 10.1. The first kappa shape index (κ1) is 29.5. The van der Waals surface area contributed by atoms with Gasteiger partial charge in [-0.15, -0.1) is 0 Å². The number of nitrogens with two attached hydrogens (primary N) is 1. The van der Waals surface area contributed by atoms with Crippen molar-refractivity contribution in [2.45, 2.75) is 64.7 Å². The standard InChI is InChI=1S/C34H38N2O5/c1-3-5-7-8-9-20-38-26-15-13-24(14-16-26)32-29-18-17-28(22-31(29)41-33(36)30(32)23-35)40-34(37)25-11-10-12-27(21-25)39-19-6-4-2/h10-18,21-22,32H,3-9,19-20,36H2,1-2H3. The highest BCUT2D eigenvalue weighted by Crippen LogP contribution is 2.43. The highest BCUT2D eigenvalue weighted by molar-refractivity contribution is 5.91. The van der Waals surface area contributed by atoms with Gasteiger partial charge in [0.15, 0.2) is 0 Å². The number of ether oxygens (including phenoxy) is 4. The Morgan fingerprint density at radius 3 is 2.32 bits per heavy atom. The Balaban J connectivity index is 1.47. The highest BCUT2D eigenvalue weighted by Gasteiger charge is 2.31. The molecule has 3 aromatic carbocycles. The monoisotopic (exact) mass is 554 g/mol. The maximum atomic E-state index is 12.9. The summed E-state index contributed by atoms with van der Waals surface area (Å²) in [7, 11) is 0. The molecule has 1 aliphatic rings. The number of fused-ring (bicyclic) bond motifs is 1. The lowest BCUT2D eigenvalue weighted by Gasteiger charge is -2.26. The van der Waals surface area contributed by atoms with Crippen LogP contribution in [-0.2, 0) is 0 Å². The molecular weight excluding hydrogens is 516 g/mol. The van der Waals surface area contributed by atoms with Crippen molar-refractivity contribution in [3.05, 3.63) is 94.9 Å². The smallest absolute Gasteiger partial charge is 0.343 e. The van der Waals surface area contributed by atoms with Crippen LogP contribution >= 0.6 is 0 Å². The predicted octanol–water partition coefficient (Wildman–Crippen LogP) is 7.65. The molecule has 0 bridgehead atoms. The molecule has 0 saturated carbocycles. The van der Waals surface area contributed by atoms with Crippen LogP contribution in [0.1, 0.15) is 86.2 Å². The van der Waals surface area contributed by atoms with Crippen LogP contribution in [0.25, 0.3) is 0 Å². The van der Waals surface area contributed by atoms with Gasteiger partial charge in [0, 0.05) is 11.6 Å². The lowest BCUT2D eigenvalue weighted by atomic mass is 9.83. The molecule has 1 atom stereocenters. The van der Waals surface area contributed by atoms with E-state index in [-0.39, 0.29) is 5.88 Å². The van der Waals surface area contributed by atoms with E-state index in [9.17, 15) is 10.1 Å². The molecule has 1 unspecified atom stereocenters. The normalized spacial score (nSPS) is 14.0. The third-order valence-corrected chi connectivity index (χ3v) is 6.97. The molecule has 4 rings (SSSR count). The second kappa shape index (κ2) is 14.8. The number of nitriles is 1. The van der Waals surface area contributed by atoms with Crippen LogP contribution in [0.15, 0.2) is 78.2 Å². The fourth-order valence-corrected chi connectivity index (χ4v) is 4.71. The lowest BCUT2D eigenvalue weighted by molar-refractivity contribution is 0.0734. The van der Waals surface area contributed by atoms with Gasteiger partial charge >= 0.3 is 5.97 Å². The summed E-state index contributed by atoms with van der Waals surface area (Å²) >= 11 is 0. The molecule has 214 valence electrons. The van der Waals surface area contributed by atoms with Gasteiger partial charge in [-0.2, -0.15) is 5.26 Å². The SMILES string of the molecule is CCCCCCCOc1ccc(C2C(C#N)=C(N)Oc3cc(OC(=O)c4cccc(OCCCC)c4)ccc32)cc1. The molecule has 0 amide bonds. The number of unbranched alkanes of at least 4 members (excludes halogenated alkanes) is 5. The number of hydrogen-bond donors (Lipinski definition) is 1. The van der Waals surface area contributed by atoms with Gasteiger partial charge in [-0.05, 0) is 54.8 Å². The van der Waals surface area contributed by atoms with Gasteiger partial charge in [0.25, 0.3) is 0 Å². The zero-order chi connectivity index (χ0) is 29.0. The number of benzene rings is 3. The van der Waals surface area contributed by atoms with Crippen molar-refractivity contribution in [3.8, 4) is 29.1 Å². The van der Waals surface area contributed by atoms with Crippen molar-refractivity contribution in [1.82, 2.24) is 0 Å². The summed E-state index contributed by atoms with van der Waals surface area (Å²) in [6.07, 6.45) is 7.86. The molecule has 0 saturated heterocycles. The van der Waals surface area contributed by atoms with E-state index in [4.69, 9.17) is 24.7 Å². The Bertz CT molecular complexity index is 1390. The molecule has 41 heavy (non-hydrogen) atoms. The molecule has 0 aromatic heterocycles. The molecule has 1 heterocycles. The van der Waals surface area contributed by atoms with Crippen molar-refractivity contribution in [1.29, 1.82) is 5.26 Å². The largest absolute Gasteiger partial charge is 0.494 e. The first-order valence-electron chi connectivity index (χ1n) is 14.4. The summed E-state index contributed by atoms with van der Waals surface area (Å²) in [5.74, 6) is 1.23. The van der Waals surface area contributed by atoms with E-state index in [1.54, 1.807) is 36.4 Å². The fraction of sp³-hybridized carbons (Fsp3) is 0.353. The minimum atomic E-state index is -0.513. The predicted molar refractivity (Wildman–Crippen MR) is 158 cm³/mol. The fourth-order valence-electron chi connectivity index (χ4n) is 4.71. The van der Waals surface area contributed by atoms with Gasteiger partial charge in [0.05, 0.1) is 24.7 Å². The maximum Gasteiger partial charge on any atom is 0.343 e. The molecule has 0 spiro atoms. The Kier molecular flexibility index (Phi) is 10.7. The number of allylic oxidation sites excluding steroid dienone is 1. The van der Waals surface area contributed by atoms with E-state index in [2.05, 4.69) is 19.9 Å². The van der Waals surface area contributed by atoms with Crippen molar-refractivity contribution in [2.24, 2.45) is 5.73 Å². The topological polar surface area (TPSA) is 104 Å². The number of nitrogens with zero attached hydrogens (tertiary/aromatic N) is 1. The average Bonchev–Trinajstić information content (AvgIpc) is 2.99. The molecule has 3 aromatic rings. The Morgan fingerprint density at radius 2 is 1.56 bits per heavy atom. The van der Waals surface area contributed by atoms with Gasteiger partial charge in [0.2, 0.25) is 5.88 Å². The van der Waals surface area contributed by atoms with Gasteiger partial charge in [-0.3, -0.25) is 0 Å². The second-order valence-electron chi connectivity index (χ2n) is 10.1. The molecule has 0 aliphatic carbocycles. The Morgan fingerprint density at radius 1 is 0.854 bits per heavy atom. The van der Waals surface area contributed by atoms with Gasteiger partial charge in [-0.25, -0.2) is 4.79 Å². The van der Waals surface area contributed by atoms with Crippen LogP contribution in [0.2, 0.25) is 0 Å². The number of esters is 1. The summed E-state index contributed by atoms with van der Waals surface area (Å²) in [5.41, 5.74) is 8.52. The van der Waals surface area contributed by atoms with E-state index < -0.39 is 11.9 Å². The van der Waals surface area contributed by atoms with Crippen molar-refractivity contribution >= 4 is 5.97 Å². The van der Waals surface area contributed by atoms with Crippen LogP contribution in [0.5, 0.6) is 23.0 Å². The minimum Gasteiger partial charge on any atom is -0.494 e. The van der Waals surface area contributed by atoms with Gasteiger partial charge < -0.3 is 24.7 Å². The van der Waals surface area contributed by atoms with E-state index in [0.29, 0.717) is 41.6 Å². The first-order valence-corrected chi connectivity index (χ1v) is 14.4. The third kappa shape index (κ3) is 7.82. The maximum absolute atomic E-state index is 12.9. The highest BCUT2D eigenvalue weighted by atomic mass is 16.5. The van der Waals surface area contributed by atoms with E-state index >= 15 is 0 Å². The molecule has 0 radical (unpaired) electrons. The summed E-state index contributed by atoms with van der Waals surface area (Å²) in [6.45, 7) is 5.56. The van der Waals surface area contributed by atoms with Crippen LogP contribution in [0.4, 0.5) is 0 Å². The quantitative estimate of drug-likeness (QED) is 0.124. The molecule has 7 heteroatoms. The van der Waals surface area contributed by atoms with E-state index in [1.807, 2.05) is 30.3 Å². The third-order valence-electron chi connectivity index (χ3n) is 6.97. The van der Waals surface area contributed by atoms with Crippen LogP contribution < -0.4 is 24.7 Å². The van der Waals surface area contributed by atoms with Gasteiger partial charge in [-0.1, -0.05) is 70.2 Å². The average molecular weight is 555 g/mol. The zero-order valence-corrected chi connectivity index (χ0v) is 23.9. The summed E-state index contributed by atoms with van der Waals surface area (Å²) < 4.78 is 23.1. The van der Waals surface area contributed by atoms with E-state index in [1.165, 1.54) is 19.3 Å². The van der Waals surface area contributed by atoms with Crippen LogP contribution in [0.3, 0.4) is 0 Å². The van der Waals surface area contributed by atoms with E-state index in [0.717, 1.165) is 42.6 Å². The Hall–Kier alpha value is -4.44. The lowest BCUT2D eigenvalue weighted by Crippen LogP contribution is -2.21.